The maximum absolute atomic E-state index is 2.70. The first-order chi connectivity index (χ1) is 5.79. The Labute approximate surface area is 75.1 Å². The molecule has 2 saturated heterocycles. The highest BCUT2D eigenvalue weighted by Gasteiger charge is 2.52. The van der Waals surface area contributed by atoms with E-state index >= 15 is 0 Å². The molecule has 2 aliphatic heterocycles. The number of hydrogen-bond donors (Lipinski definition) is 0. The van der Waals surface area contributed by atoms with Crippen LogP contribution in [0.1, 0.15) is 32.6 Å². The number of fused-ring (bicyclic) bond motifs is 6. The molecule has 68 valence electrons. The van der Waals surface area contributed by atoms with Crippen LogP contribution in [-0.2, 0) is 0 Å². The molecule has 1 saturated carbocycles. The van der Waals surface area contributed by atoms with Crippen molar-refractivity contribution in [2.24, 2.45) is 17.8 Å². The lowest BCUT2D eigenvalue weighted by Gasteiger charge is -2.41. The second kappa shape index (κ2) is 2.25. The first-order valence-electron chi connectivity index (χ1n) is 5.51. The molecule has 1 nitrogen and oxygen atoms in total. The third-order valence-corrected chi connectivity index (χ3v) is 4.98. The lowest BCUT2D eigenvalue weighted by atomic mass is 9.81. The van der Waals surface area contributed by atoms with E-state index in [9.17, 15) is 0 Å². The Kier molecular flexibility index (Phi) is 1.39. The van der Waals surface area contributed by atoms with Gasteiger partial charge in [0, 0.05) is 12.1 Å². The van der Waals surface area contributed by atoms with E-state index in [4.69, 9.17) is 0 Å². The van der Waals surface area contributed by atoms with Crippen LogP contribution in [-0.4, -0.2) is 24.0 Å². The van der Waals surface area contributed by atoms with Gasteiger partial charge in [-0.05, 0) is 50.5 Å². The van der Waals surface area contributed by atoms with Gasteiger partial charge in [0.25, 0.3) is 0 Å². The monoisotopic (exact) mass is 165 g/mol. The molecule has 1 heteroatoms. The lowest BCUT2D eigenvalue weighted by Crippen LogP contribution is -2.47. The Hall–Kier alpha value is -0.0400. The fourth-order valence-corrected chi connectivity index (χ4v) is 4.34. The SMILES string of the molecule is CC1C2CCC1C1CCC2N1C. The standard InChI is InChI=1S/C11H19N/c1-7-8-3-4-9(7)11-6-5-10(8)12(11)2/h7-11H,3-6H2,1-2H3. The zero-order valence-corrected chi connectivity index (χ0v) is 8.16. The maximum atomic E-state index is 2.70. The van der Waals surface area contributed by atoms with Gasteiger partial charge in [0.15, 0.2) is 0 Å². The van der Waals surface area contributed by atoms with Crippen molar-refractivity contribution in [3.8, 4) is 0 Å². The van der Waals surface area contributed by atoms with Gasteiger partial charge >= 0.3 is 0 Å². The van der Waals surface area contributed by atoms with Crippen molar-refractivity contribution in [3.05, 3.63) is 0 Å². The molecule has 0 radical (unpaired) electrons. The summed E-state index contributed by atoms with van der Waals surface area (Å²) < 4.78 is 0. The van der Waals surface area contributed by atoms with E-state index in [0.717, 1.165) is 29.8 Å². The molecule has 0 aromatic rings. The summed E-state index contributed by atoms with van der Waals surface area (Å²) in [5.74, 6) is 3.15. The summed E-state index contributed by atoms with van der Waals surface area (Å²) in [5, 5.41) is 0. The molecule has 4 bridgehead atoms. The van der Waals surface area contributed by atoms with Crippen molar-refractivity contribution in [1.29, 1.82) is 0 Å². The summed E-state index contributed by atoms with van der Waals surface area (Å²) in [7, 11) is 2.36. The number of rotatable bonds is 0. The first-order valence-corrected chi connectivity index (χ1v) is 5.51. The van der Waals surface area contributed by atoms with Gasteiger partial charge < -0.3 is 0 Å². The molecule has 0 spiro atoms. The molecule has 0 N–H and O–H groups in total. The van der Waals surface area contributed by atoms with Crippen LogP contribution >= 0.6 is 0 Å². The molecule has 4 atom stereocenters. The quantitative estimate of drug-likeness (QED) is 0.531. The van der Waals surface area contributed by atoms with E-state index in [-0.39, 0.29) is 0 Å². The zero-order valence-electron chi connectivity index (χ0n) is 8.16. The van der Waals surface area contributed by atoms with Gasteiger partial charge in [-0.3, -0.25) is 4.90 Å². The van der Waals surface area contributed by atoms with Crippen molar-refractivity contribution in [2.45, 2.75) is 44.7 Å². The number of piperidine rings is 1. The van der Waals surface area contributed by atoms with E-state index in [1.807, 2.05) is 0 Å². The third kappa shape index (κ3) is 0.693. The van der Waals surface area contributed by atoms with Gasteiger partial charge in [-0.15, -0.1) is 0 Å². The molecule has 0 amide bonds. The molecule has 3 aliphatic rings. The molecule has 1 aliphatic carbocycles. The minimum Gasteiger partial charge on any atom is -0.300 e. The second-order valence-corrected chi connectivity index (χ2v) is 5.14. The summed E-state index contributed by atoms with van der Waals surface area (Å²) in [6, 6.07) is 1.92. The molecule has 2 heterocycles. The topological polar surface area (TPSA) is 3.24 Å². The van der Waals surface area contributed by atoms with Gasteiger partial charge in [-0.1, -0.05) is 6.92 Å². The van der Waals surface area contributed by atoms with Crippen molar-refractivity contribution in [2.75, 3.05) is 7.05 Å². The van der Waals surface area contributed by atoms with Crippen LogP contribution in [0.15, 0.2) is 0 Å². The van der Waals surface area contributed by atoms with E-state index < -0.39 is 0 Å². The van der Waals surface area contributed by atoms with Crippen LogP contribution in [0.2, 0.25) is 0 Å². The Balaban J connectivity index is 1.99. The minimum atomic E-state index is 0.962. The first kappa shape index (κ1) is 7.37. The molecular formula is C11H19N. The summed E-state index contributed by atoms with van der Waals surface area (Å²) in [6.07, 6.45) is 6.04. The lowest BCUT2D eigenvalue weighted by molar-refractivity contribution is 0.0666. The molecular weight excluding hydrogens is 146 g/mol. The van der Waals surface area contributed by atoms with Gasteiger partial charge in [-0.2, -0.15) is 0 Å². The average Bonchev–Trinajstić information content (AvgIpc) is 2.41. The van der Waals surface area contributed by atoms with E-state index in [1.54, 1.807) is 0 Å². The highest BCUT2D eigenvalue weighted by molar-refractivity contribution is 5.05. The molecule has 3 fully saturated rings. The van der Waals surface area contributed by atoms with Crippen LogP contribution < -0.4 is 0 Å². The van der Waals surface area contributed by atoms with Gasteiger partial charge in [0.1, 0.15) is 0 Å². The fraction of sp³-hybridized carbons (Fsp3) is 1.00. The Morgan fingerprint density at radius 2 is 1.42 bits per heavy atom. The Bertz CT molecular complexity index is 159. The summed E-state index contributed by atoms with van der Waals surface area (Å²) >= 11 is 0. The van der Waals surface area contributed by atoms with Crippen LogP contribution in [0, 0.1) is 17.8 Å². The van der Waals surface area contributed by atoms with Crippen molar-refractivity contribution in [1.82, 2.24) is 4.90 Å². The normalized spacial score (nSPS) is 58.0. The second-order valence-electron chi connectivity index (χ2n) is 5.14. The van der Waals surface area contributed by atoms with Gasteiger partial charge in [0.05, 0.1) is 0 Å². The zero-order chi connectivity index (χ0) is 8.29. The van der Waals surface area contributed by atoms with Crippen LogP contribution in [0.5, 0.6) is 0 Å². The Morgan fingerprint density at radius 3 is 1.92 bits per heavy atom. The van der Waals surface area contributed by atoms with Crippen molar-refractivity contribution in [3.63, 3.8) is 0 Å². The fourth-order valence-electron chi connectivity index (χ4n) is 4.34. The van der Waals surface area contributed by atoms with E-state index in [0.29, 0.717) is 0 Å². The average molecular weight is 165 g/mol. The molecule has 12 heavy (non-hydrogen) atoms. The predicted octanol–water partition coefficient (Wildman–Crippen LogP) is 2.13. The molecule has 3 rings (SSSR count). The summed E-state index contributed by atoms with van der Waals surface area (Å²) in [5.41, 5.74) is 0. The summed E-state index contributed by atoms with van der Waals surface area (Å²) in [4.78, 5) is 2.70. The highest BCUT2D eigenvalue weighted by atomic mass is 15.2. The maximum Gasteiger partial charge on any atom is 0.0127 e. The van der Waals surface area contributed by atoms with E-state index in [2.05, 4.69) is 18.9 Å². The van der Waals surface area contributed by atoms with Gasteiger partial charge in [-0.25, -0.2) is 0 Å². The highest BCUT2D eigenvalue weighted by Crippen LogP contribution is 2.53. The minimum absolute atomic E-state index is 0.962. The largest absolute Gasteiger partial charge is 0.300 e. The number of nitrogens with zero attached hydrogens (tertiary/aromatic N) is 1. The van der Waals surface area contributed by atoms with Crippen LogP contribution in [0.25, 0.3) is 0 Å². The van der Waals surface area contributed by atoms with Crippen molar-refractivity contribution < 1.29 is 0 Å². The van der Waals surface area contributed by atoms with Gasteiger partial charge in [0.2, 0.25) is 0 Å². The summed E-state index contributed by atoms with van der Waals surface area (Å²) in [6.45, 7) is 2.50. The molecule has 0 aromatic heterocycles. The van der Waals surface area contributed by atoms with E-state index in [1.165, 1.54) is 25.7 Å². The van der Waals surface area contributed by atoms with Crippen LogP contribution in [0.3, 0.4) is 0 Å². The predicted molar refractivity (Wildman–Crippen MR) is 50.0 cm³/mol. The third-order valence-electron chi connectivity index (χ3n) is 4.98. The molecule has 0 aromatic carbocycles. The van der Waals surface area contributed by atoms with Crippen LogP contribution in [0.4, 0.5) is 0 Å². The molecule has 4 unspecified atom stereocenters. The smallest absolute Gasteiger partial charge is 0.0127 e. The Morgan fingerprint density at radius 1 is 0.917 bits per heavy atom. The van der Waals surface area contributed by atoms with Crippen molar-refractivity contribution >= 4 is 0 Å². The number of hydrogen-bond acceptors (Lipinski definition) is 1.